The molecule has 1 aliphatic heterocycles. The second-order valence-corrected chi connectivity index (χ2v) is 6.13. The second kappa shape index (κ2) is 3.86. The first-order chi connectivity index (χ1) is 6.36. The van der Waals surface area contributed by atoms with Gasteiger partial charge in [0, 0.05) is 31.9 Å². The number of aliphatic hydroxyl groups is 1. The largest absolute Gasteiger partial charge is 0.396 e. The van der Waals surface area contributed by atoms with Crippen molar-refractivity contribution in [3.05, 3.63) is 0 Å². The fourth-order valence-electron chi connectivity index (χ4n) is 1.31. The van der Waals surface area contributed by atoms with Crippen molar-refractivity contribution in [1.29, 1.82) is 0 Å². The van der Waals surface area contributed by atoms with Crippen molar-refractivity contribution in [2.75, 3.05) is 26.0 Å². The Morgan fingerprint density at radius 3 is 2.43 bits per heavy atom. The summed E-state index contributed by atoms with van der Waals surface area (Å²) in [5, 5.41) is 7.76. The van der Waals surface area contributed by atoms with E-state index in [0.29, 0.717) is 13.1 Å². The molecule has 1 fully saturated rings. The lowest BCUT2D eigenvalue weighted by molar-refractivity contribution is -0.137. The Kier molecular flexibility index (Phi) is 3.16. The summed E-state index contributed by atoms with van der Waals surface area (Å²) in [7, 11) is -3.30. The zero-order chi connectivity index (χ0) is 10.9. The van der Waals surface area contributed by atoms with Crippen LogP contribution in [0.15, 0.2) is 0 Å². The molecule has 0 saturated carbocycles. The minimum absolute atomic E-state index is 0.0526. The highest BCUT2D eigenvalue weighted by molar-refractivity contribution is 7.92. The maximum atomic E-state index is 11.5. The van der Waals surface area contributed by atoms with Crippen molar-refractivity contribution in [2.45, 2.75) is 12.2 Å². The van der Waals surface area contributed by atoms with Crippen molar-refractivity contribution in [1.82, 2.24) is 4.90 Å². The van der Waals surface area contributed by atoms with Gasteiger partial charge in [0.25, 0.3) is 0 Å². The number of hydrogen-bond acceptors (Lipinski definition) is 4. The maximum absolute atomic E-state index is 11.5. The summed E-state index contributed by atoms with van der Waals surface area (Å²) >= 11 is 0. The van der Waals surface area contributed by atoms with E-state index < -0.39 is 15.1 Å². The summed E-state index contributed by atoms with van der Waals surface area (Å²) in [6.07, 6.45) is 1.05. The second-order valence-electron chi connectivity index (χ2n) is 3.76. The number of likely N-dealkylation sites (tertiary alicyclic amines) is 1. The third-order valence-electron chi connectivity index (χ3n) is 2.52. The predicted molar refractivity (Wildman–Crippen MR) is 51.5 cm³/mol. The molecule has 1 aliphatic rings. The van der Waals surface area contributed by atoms with Gasteiger partial charge in [0.1, 0.15) is 5.25 Å². The van der Waals surface area contributed by atoms with Crippen LogP contribution in [0.1, 0.15) is 6.92 Å². The van der Waals surface area contributed by atoms with Crippen LogP contribution in [0, 0.1) is 5.92 Å². The highest BCUT2D eigenvalue weighted by Crippen LogP contribution is 2.17. The van der Waals surface area contributed by atoms with Gasteiger partial charge in [-0.1, -0.05) is 0 Å². The Labute approximate surface area is 83.6 Å². The van der Waals surface area contributed by atoms with Crippen molar-refractivity contribution in [2.24, 2.45) is 5.92 Å². The Bertz CT molecular complexity index is 318. The summed E-state index contributed by atoms with van der Waals surface area (Å²) in [5.41, 5.74) is 0. The van der Waals surface area contributed by atoms with E-state index >= 15 is 0 Å². The number of aliphatic hydroxyl groups excluding tert-OH is 1. The van der Waals surface area contributed by atoms with E-state index in [1.165, 1.54) is 11.8 Å². The Balaban J connectivity index is 2.53. The third kappa shape index (κ3) is 2.24. The molecule has 82 valence electrons. The fourth-order valence-corrected chi connectivity index (χ4v) is 1.82. The number of sulfone groups is 1. The number of carbonyl (C=O) groups is 1. The number of hydrogen-bond donors (Lipinski definition) is 1. The summed E-state index contributed by atoms with van der Waals surface area (Å²) in [6.45, 7) is 2.38. The highest BCUT2D eigenvalue weighted by atomic mass is 32.2. The molecule has 0 bridgehead atoms. The van der Waals surface area contributed by atoms with E-state index in [4.69, 9.17) is 5.11 Å². The molecule has 1 heterocycles. The zero-order valence-corrected chi connectivity index (χ0v) is 9.12. The van der Waals surface area contributed by atoms with Gasteiger partial charge in [-0.15, -0.1) is 0 Å². The van der Waals surface area contributed by atoms with Gasteiger partial charge >= 0.3 is 0 Å². The van der Waals surface area contributed by atoms with E-state index in [0.717, 1.165) is 6.26 Å². The van der Waals surface area contributed by atoms with Crippen molar-refractivity contribution in [3.63, 3.8) is 0 Å². The van der Waals surface area contributed by atoms with Crippen LogP contribution in [0.4, 0.5) is 0 Å². The predicted octanol–water partition coefficient (Wildman–Crippen LogP) is -1.13. The van der Waals surface area contributed by atoms with E-state index in [2.05, 4.69) is 0 Å². The summed E-state index contributed by atoms with van der Waals surface area (Å²) in [5.74, 6) is -0.247. The average molecular weight is 221 g/mol. The van der Waals surface area contributed by atoms with E-state index in [1.54, 1.807) is 0 Å². The molecule has 0 aromatic heterocycles. The van der Waals surface area contributed by atoms with Crippen molar-refractivity contribution >= 4 is 15.7 Å². The van der Waals surface area contributed by atoms with Gasteiger partial charge in [-0.3, -0.25) is 4.79 Å². The molecule has 6 heteroatoms. The molecule has 0 spiro atoms. The van der Waals surface area contributed by atoms with Gasteiger partial charge in [-0.25, -0.2) is 8.42 Å². The minimum atomic E-state index is -3.30. The lowest BCUT2D eigenvalue weighted by Gasteiger charge is -2.39. The molecule has 1 atom stereocenters. The molecule has 1 N–H and O–H groups in total. The summed E-state index contributed by atoms with van der Waals surface area (Å²) < 4.78 is 22.1. The van der Waals surface area contributed by atoms with Gasteiger partial charge < -0.3 is 10.0 Å². The topological polar surface area (TPSA) is 74.7 Å². The Hall–Kier alpha value is -0.620. The minimum Gasteiger partial charge on any atom is -0.396 e. The fraction of sp³-hybridized carbons (Fsp3) is 0.875. The molecule has 1 rings (SSSR count). The molecule has 1 amide bonds. The van der Waals surface area contributed by atoms with Gasteiger partial charge in [0.15, 0.2) is 9.84 Å². The van der Waals surface area contributed by atoms with Crippen molar-refractivity contribution in [3.8, 4) is 0 Å². The summed E-state index contributed by atoms with van der Waals surface area (Å²) in [4.78, 5) is 13.0. The normalized spacial score (nSPS) is 20.4. The first-order valence-corrected chi connectivity index (χ1v) is 6.40. The zero-order valence-electron chi connectivity index (χ0n) is 8.30. The molecule has 0 aliphatic carbocycles. The van der Waals surface area contributed by atoms with Gasteiger partial charge in [-0.2, -0.15) is 0 Å². The van der Waals surface area contributed by atoms with Crippen LogP contribution in [0.25, 0.3) is 0 Å². The molecule has 1 saturated heterocycles. The van der Waals surface area contributed by atoms with Gasteiger partial charge in [0.05, 0.1) is 0 Å². The van der Waals surface area contributed by atoms with E-state index in [1.807, 2.05) is 0 Å². The maximum Gasteiger partial charge on any atom is 0.240 e. The quantitative estimate of drug-likeness (QED) is 0.654. The smallest absolute Gasteiger partial charge is 0.240 e. The molecule has 14 heavy (non-hydrogen) atoms. The van der Waals surface area contributed by atoms with Crippen LogP contribution in [0.2, 0.25) is 0 Å². The number of rotatable bonds is 3. The molecular formula is C8H15NO4S. The van der Waals surface area contributed by atoms with Crippen LogP contribution in [0.3, 0.4) is 0 Å². The standard InChI is InChI=1S/C8H15NO4S/c1-6(14(2,12)13)8(11)9-3-7(4-9)5-10/h6-7,10H,3-5H2,1-2H3. The first kappa shape index (κ1) is 11.5. The molecule has 5 nitrogen and oxygen atoms in total. The van der Waals surface area contributed by atoms with Crippen molar-refractivity contribution < 1.29 is 18.3 Å². The molecule has 0 aromatic carbocycles. The van der Waals surface area contributed by atoms with Gasteiger partial charge in [-0.05, 0) is 6.92 Å². The van der Waals surface area contributed by atoms with Crippen LogP contribution in [-0.4, -0.2) is 55.5 Å². The monoisotopic (exact) mass is 221 g/mol. The number of carbonyl (C=O) groups excluding carboxylic acids is 1. The van der Waals surface area contributed by atoms with E-state index in [-0.39, 0.29) is 18.4 Å². The molecule has 0 aromatic rings. The SMILES string of the molecule is CC(C(=O)N1CC(CO)C1)S(C)(=O)=O. The highest BCUT2D eigenvalue weighted by Gasteiger charge is 2.35. The van der Waals surface area contributed by atoms with Crippen LogP contribution >= 0.6 is 0 Å². The Morgan fingerprint density at radius 1 is 1.57 bits per heavy atom. The average Bonchev–Trinajstić information content (AvgIpc) is 1.99. The molecule has 1 unspecified atom stereocenters. The molecular weight excluding hydrogens is 206 g/mol. The van der Waals surface area contributed by atoms with E-state index in [9.17, 15) is 13.2 Å². The van der Waals surface area contributed by atoms with Crippen LogP contribution in [0.5, 0.6) is 0 Å². The van der Waals surface area contributed by atoms with Gasteiger partial charge in [0.2, 0.25) is 5.91 Å². The number of amides is 1. The lowest BCUT2D eigenvalue weighted by Crippen LogP contribution is -2.55. The lowest BCUT2D eigenvalue weighted by atomic mass is 10.0. The Morgan fingerprint density at radius 2 is 2.07 bits per heavy atom. The van der Waals surface area contributed by atoms with Crippen LogP contribution in [-0.2, 0) is 14.6 Å². The third-order valence-corrected chi connectivity index (χ3v) is 4.00. The number of nitrogens with zero attached hydrogens (tertiary/aromatic N) is 1. The molecule has 0 radical (unpaired) electrons. The van der Waals surface area contributed by atoms with Crippen LogP contribution < -0.4 is 0 Å². The first-order valence-electron chi connectivity index (χ1n) is 4.44. The summed E-state index contributed by atoms with van der Waals surface area (Å²) in [6, 6.07) is 0.